The molecule has 0 aliphatic carbocycles. The number of rotatable bonds is 10. The van der Waals surface area contributed by atoms with Crippen molar-refractivity contribution >= 4 is 0 Å². The summed E-state index contributed by atoms with van der Waals surface area (Å²) in [6, 6.07) is 17.1. The van der Waals surface area contributed by atoms with Gasteiger partial charge in [0, 0.05) is 12.5 Å². The maximum absolute atomic E-state index is 5.99. The maximum Gasteiger partial charge on any atom is 0.161 e. The Hall–Kier alpha value is -2.00. The summed E-state index contributed by atoms with van der Waals surface area (Å²) in [4.78, 5) is 0. The zero-order valence-electron chi connectivity index (χ0n) is 15.0. The van der Waals surface area contributed by atoms with E-state index in [9.17, 15) is 0 Å². The first-order chi connectivity index (χ1) is 11.7. The molecule has 0 spiro atoms. The van der Waals surface area contributed by atoms with Gasteiger partial charge < -0.3 is 14.8 Å². The van der Waals surface area contributed by atoms with Gasteiger partial charge in [0.15, 0.2) is 11.5 Å². The van der Waals surface area contributed by atoms with Gasteiger partial charge in [0.05, 0.1) is 13.7 Å². The molecule has 0 saturated carbocycles. The fourth-order valence-corrected chi connectivity index (χ4v) is 2.70. The highest BCUT2D eigenvalue weighted by Gasteiger charge is 2.09. The standard InChI is InChI=1S/C21H29NO2/c1-4-13-22-17(2)15-19-10-11-20(23-3)21(16-19)24-14-12-18-8-6-5-7-9-18/h5-11,16-17,22H,4,12-15H2,1-3H3/t17-/m0/s1. The van der Waals surface area contributed by atoms with E-state index in [4.69, 9.17) is 9.47 Å². The molecule has 0 unspecified atom stereocenters. The van der Waals surface area contributed by atoms with E-state index in [2.05, 4.69) is 55.6 Å². The monoisotopic (exact) mass is 327 g/mol. The number of nitrogens with one attached hydrogen (secondary N) is 1. The van der Waals surface area contributed by atoms with Crippen molar-refractivity contribution in [3.8, 4) is 11.5 Å². The highest BCUT2D eigenvalue weighted by molar-refractivity contribution is 5.43. The van der Waals surface area contributed by atoms with Gasteiger partial charge >= 0.3 is 0 Å². The summed E-state index contributed by atoms with van der Waals surface area (Å²) in [5.74, 6) is 1.62. The summed E-state index contributed by atoms with van der Waals surface area (Å²) in [6.45, 7) is 6.10. The number of hydrogen-bond donors (Lipinski definition) is 1. The molecular weight excluding hydrogens is 298 g/mol. The van der Waals surface area contributed by atoms with Crippen molar-refractivity contribution in [3.63, 3.8) is 0 Å². The predicted molar refractivity (Wildman–Crippen MR) is 100 cm³/mol. The third kappa shape index (κ3) is 5.89. The van der Waals surface area contributed by atoms with Crippen LogP contribution in [0.2, 0.25) is 0 Å². The average Bonchev–Trinajstić information content (AvgIpc) is 2.61. The summed E-state index contributed by atoms with van der Waals surface area (Å²) < 4.78 is 11.4. The lowest BCUT2D eigenvalue weighted by Gasteiger charge is -2.16. The molecule has 130 valence electrons. The molecule has 0 heterocycles. The van der Waals surface area contributed by atoms with E-state index in [-0.39, 0.29) is 0 Å². The van der Waals surface area contributed by atoms with E-state index in [0.29, 0.717) is 12.6 Å². The van der Waals surface area contributed by atoms with Crippen molar-refractivity contribution in [3.05, 3.63) is 59.7 Å². The molecule has 0 aliphatic rings. The van der Waals surface area contributed by atoms with E-state index < -0.39 is 0 Å². The molecule has 0 fully saturated rings. The number of benzene rings is 2. The van der Waals surface area contributed by atoms with E-state index in [0.717, 1.165) is 37.3 Å². The van der Waals surface area contributed by atoms with Gasteiger partial charge in [-0.2, -0.15) is 0 Å². The molecule has 1 N–H and O–H groups in total. The first-order valence-corrected chi connectivity index (χ1v) is 8.80. The Morgan fingerprint density at radius 3 is 2.50 bits per heavy atom. The molecule has 1 atom stereocenters. The summed E-state index contributed by atoms with van der Waals surface area (Å²) in [7, 11) is 1.69. The highest BCUT2D eigenvalue weighted by atomic mass is 16.5. The first kappa shape index (κ1) is 18.3. The molecule has 2 rings (SSSR count). The topological polar surface area (TPSA) is 30.5 Å². The molecule has 0 radical (unpaired) electrons. The Labute approximate surface area is 146 Å². The summed E-state index contributed by atoms with van der Waals surface area (Å²) in [5.41, 5.74) is 2.55. The van der Waals surface area contributed by atoms with Crippen LogP contribution >= 0.6 is 0 Å². The van der Waals surface area contributed by atoms with Gasteiger partial charge in [0.1, 0.15) is 0 Å². The van der Waals surface area contributed by atoms with Crippen molar-refractivity contribution in [2.75, 3.05) is 20.3 Å². The molecule has 2 aromatic carbocycles. The van der Waals surface area contributed by atoms with Crippen LogP contribution in [0, 0.1) is 0 Å². The highest BCUT2D eigenvalue weighted by Crippen LogP contribution is 2.28. The number of methoxy groups -OCH3 is 1. The van der Waals surface area contributed by atoms with E-state index in [1.807, 2.05) is 12.1 Å². The molecule has 0 amide bonds. The molecule has 3 heteroatoms. The van der Waals surface area contributed by atoms with Crippen LogP contribution in [-0.2, 0) is 12.8 Å². The SMILES string of the molecule is CCCN[C@@H](C)Cc1ccc(OC)c(OCCc2ccccc2)c1. The van der Waals surface area contributed by atoms with E-state index >= 15 is 0 Å². The van der Waals surface area contributed by atoms with Crippen molar-refractivity contribution in [2.24, 2.45) is 0 Å². The second-order valence-corrected chi connectivity index (χ2v) is 6.13. The minimum absolute atomic E-state index is 0.454. The minimum atomic E-state index is 0.454. The fourth-order valence-electron chi connectivity index (χ4n) is 2.70. The Morgan fingerprint density at radius 2 is 1.79 bits per heavy atom. The van der Waals surface area contributed by atoms with Crippen LogP contribution in [0.5, 0.6) is 11.5 Å². The van der Waals surface area contributed by atoms with Gasteiger partial charge in [-0.25, -0.2) is 0 Å². The smallest absolute Gasteiger partial charge is 0.161 e. The molecule has 0 bridgehead atoms. The van der Waals surface area contributed by atoms with Crippen molar-refractivity contribution < 1.29 is 9.47 Å². The Kier molecular flexibility index (Phi) is 7.63. The van der Waals surface area contributed by atoms with Gasteiger partial charge in [-0.3, -0.25) is 0 Å². The van der Waals surface area contributed by atoms with Crippen LogP contribution in [0.3, 0.4) is 0 Å². The Bertz CT molecular complexity index is 598. The van der Waals surface area contributed by atoms with Crippen molar-refractivity contribution in [1.82, 2.24) is 5.32 Å². The molecule has 2 aromatic rings. The van der Waals surface area contributed by atoms with Crippen molar-refractivity contribution in [1.29, 1.82) is 0 Å². The summed E-state index contributed by atoms with van der Waals surface area (Å²) >= 11 is 0. The molecular formula is C21H29NO2. The van der Waals surface area contributed by atoms with Gasteiger partial charge in [-0.05, 0) is 49.6 Å². The summed E-state index contributed by atoms with van der Waals surface area (Å²) in [6.07, 6.45) is 3.03. The third-order valence-corrected chi connectivity index (χ3v) is 4.00. The lowest BCUT2D eigenvalue weighted by Crippen LogP contribution is -2.28. The van der Waals surface area contributed by atoms with E-state index in [1.165, 1.54) is 11.1 Å². The van der Waals surface area contributed by atoms with Crippen LogP contribution in [-0.4, -0.2) is 26.3 Å². The number of ether oxygens (including phenoxy) is 2. The molecule has 3 nitrogen and oxygen atoms in total. The quantitative estimate of drug-likeness (QED) is 0.708. The van der Waals surface area contributed by atoms with Gasteiger partial charge in [0.25, 0.3) is 0 Å². The fraction of sp³-hybridized carbons (Fsp3) is 0.429. The normalized spacial score (nSPS) is 12.0. The van der Waals surface area contributed by atoms with E-state index in [1.54, 1.807) is 7.11 Å². The average molecular weight is 327 g/mol. The van der Waals surface area contributed by atoms with Crippen LogP contribution < -0.4 is 14.8 Å². The molecule has 0 aromatic heterocycles. The lowest BCUT2D eigenvalue weighted by atomic mass is 10.1. The third-order valence-electron chi connectivity index (χ3n) is 4.00. The lowest BCUT2D eigenvalue weighted by molar-refractivity contribution is 0.297. The van der Waals surface area contributed by atoms with Gasteiger partial charge in [-0.1, -0.05) is 43.3 Å². The van der Waals surface area contributed by atoms with Crippen LogP contribution in [0.4, 0.5) is 0 Å². The van der Waals surface area contributed by atoms with Crippen LogP contribution in [0.1, 0.15) is 31.4 Å². The van der Waals surface area contributed by atoms with Crippen LogP contribution in [0.25, 0.3) is 0 Å². The summed E-state index contributed by atoms with van der Waals surface area (Å²) in [5, 5.41) is 3.52. The Morgan fingerprint density at radius 1 is 1.00 bits per heavy atom. The van der Waals surface area contributed by atoms with Gasteiger partial charge in [-0.15, -0.1) is 0 Å². The molecule has 0 aliphatic heterocycles. The Balaban J connectivity index is 1.95. The predicted octanol–water partition coefficient (Wildman–Crippen LogP) is 4.25. The first-order valence-electron chi connectivity index (χ1n) is 8.80. The minimum Gasteiger partial charge on any atom is -0.493 e. The van der Waals surface area contributed by atoms with Crippen molar-refractivity contribution in [2.45, 2.75) is 39.2 Å². The zero-order chi connectivity index (χ0) is 17.2. The zero-order valence-corrected chi connectivity index (χ0v) is 15.0. The second kappa shape index (κ2) is 9.99. The maximum atomic E-state index is 5.99. The number of hydrogen-bond acceptors (Lipinski definition) is 3. The second-order valence-electron chi connectivity index (χ2n) is 6.13. The molecule has 0 saturated heterocycles. The molecule has 24 heavy (non-hydrogen) atoms. The van der Waals surface area contributed by atoms with Crippen LogP contribution in [0.15, 0.2) is 48.5 Å². The van der Waals surface area contributed by atoms with Gasteiger partial charge in [0.2, 0.25) is 0 Å². The largest absolute Gasteiger partial charge is 0.493 e.